The van der Waals surface area contributed by atoms with Gasteiger partial charge < -0.3 is 43.6 Å². The number of hydrogen-bond donors (Lipinski definition) is 3. The number of carbonyl (C=O) groups excluding carboxylic acids is 2. The van der Waals surface area contributed by atoms with Gasteiger partial charge in [-0.15, -0.1) is 0 Å². The molecule has 3 aliphatic heterocycles. The molecule has 0 saturated carbocycles. The van der Waals surface area contributed by atoms with Gasteiger partial charge in [-0.05, 0) is 68.6 Å². The summed E-state index contributed by atoms with van der Waals surface area (Å²) in [5.74, 6) is -2.75. The molecule has 1 aromatic rings. The van der Waals surface area contributed by atoms with Gasteiger partial charge in [-0.3, -0.25) is 4.79 Å². The van der Waals surface area contributed by atoms with E-state index in [2.05, 4.69) is 31.8 Å². The maximum absolute atomic E-state index is 13.2. The first-order valence-corrected chi connectivity index (χ1v) is 15.8. The van der Waals surface area contributed by atoms with Crippen LogP contribution in [0.2, 0.25) is 0 Å². The van der Waals surface area contributed by atoms with E-state index in [9.17, 15) is 24.9 Å². The number of aromatic nitrogens is 2. The van der Waals surface area contributed by atoms with Crippen molar-refractivity contribution in [3.63, 3.8) is 0 Å². The summed E-state index contributed by atoms with van der Waals surface area (Å²) in [7, 11) is 1.84. The van der Waals surface area contributed by atoms with E-state index < -0.39 is 54.0 Å². The molecule has 2 bridgehead atoms. The van der Waals surface area contributed by atoms with Gasteiger partial charge in [0, 0.05) is 31.8 Å². The minimum atomic E-state index is -1.92. The lowest BCUT2D eigenvalue weighted by atomic mass is 9.65. The van der Waals surface area contributed by atoms with Crippen molar-refractivity contribution in [2.24, 2.45) is 30.7 Å². The van der Waals surface area contributed by atoms with Crippen LogP contribution in [0.25, 0.3) is 6.08 Å². The summed E-state index contributed by atoms with van der Waals surface area (Å²) in [6.45, 7) is 8.95. The molecule has 12 heteroatoms. The van der Waals surface area contributed by atoms with Crippen LogP contribution in [0.3, 0.4) is 0 Å². The highest BCUT2D eigenvalue weighted by molar-refractivity contribution is 5.86. The molecule has 5 rings (SSSR count). The molecule has 0 radical (unpaired) electrons. The highest BCUT2D eigenvalue weighted by Gasteiger charge is 2.53. The third-order valence-electron chi connectivity index (χ3n) is 9.60. The summed E-state index contributed by atoms with van der Waals surface area (Å²) in [6, 6.07) is 0. The average molecular weight is 643 g/mol. The zero-order valence-corrected chi connectivity index (χ0v) is 27.2. The number of hydrogen-bond acceptors (Lipinski definition) is 11. The number of imidazole rings is 1. The lowest BCUT2D eigenvalue weighted by Gasteiger charge is -2.41. The fourth-order valence-corrected chi connectivity index (χ4v) is 6.94. The van der Waals surface area contributed by atoms with Crippen molar-refractivity contribution in [3.8, 4) is 0 Å². The molecule has 0 spiro atoms. The zero-order valence-electron chi connectivity index (χ0n) is 27.2. The van der Waals surface area contributed by atoms with Crippen LogP contribution >= 0.6 is 0 Å². The maximum Gasteiger partial charge on any atom is 0.331 e. The monoisotopic (exact) mass is 642 g/mol. The van der Waals surface area contributed by atoms with Crippen LogP contribution in [0.15, 0.2) is 54.1 Å². The van der Waals surface area contributed by atoms with Crippen molar-refractivity contribution in [1.29, 1.82) is 0 Å². The molecule has 1 saturated heterocycles. The minimum absolute atomic E-state index is 0.0396. The molecule has 10 atom stereocenters. The third-order valence-corrected chi connectivity index (χ3v) is 9.60. The summed E-state index contributed by atoms with van der Waals surface area (Å²) in [6.07, 6.45) is 9.21. The van der Waals surface area contributed by atoms with Gasteiger partial charge in [0.1, 0.15) is 23.9 Å². The number of aryl methyl sites for hydroxylation is 1. The normalized spacial score (nSPS) is 38.7. The predicted octanol–water partition coefficient (Wildman–Crippen LogP) is 2.59. The number of carbonyl (C=O) groups is 2. The quantitative estimate of drug-likeness (QED) is 0.217. The van der Waals surface area contributed by atoms with E-state index in [4.69, 9.17) is 23.7 Å². The Kier molecular flexibility index (Phi) is 10.1. The molecule has 1 fully saturated rings. The predicted molar refractivity (Wildman–Crippen MR) is 165 cm³/mol. The Hall–Kier alpha value is -3.13. The summed E-state index contributed by atoms with van der Waals surface area (Å²) in [4.78, 5) is 29.2. The average Bonchev–Trinajstić information content (AvgIpc) is 3.56. The first-order chi connectivity index (χ1) is 21.7. The number of fused-ring (bicyclic) bond motifs is 3. The molecular formula is C34H46N2O10. The van der Waals surface area contributed by atoms with E-state index in [1.807, 2.05) is 13.1 Å². The molecule has 3 N–H and O–H groups in total. The summed E-state index contributed by atoms with van der Waals surface area (Å²) in [5, 5.41) is 32.7. The van der Waals surface area contributed by atoms with Crippen molar-refractivity contribution in [3.05, 3.63) is 59.7 Å². The van der Waals surface area contributed by atoms with Crippen molar-refractivity contribution in [2.45, 2.75) is 89.6 Å². The minimum Gasteiger partial charge on any atom is -0.456 e. The topological polar surface area (TPSA) is 159 Å². The number of esters is 2. The summed E-state index contributed by atoms with van der Waals surface area (Å²) < 4.78 is 31.2. The van der Waals surface area contributed by atoms with Gasteiger partial charge in [0.25, 0.3) is 0 Å². The van der Waals surface area contributed by atoms with Crippen LogP contribution in [-0.2, 0) is 40.3 Å². The zero-order chi connectivity index (χ0) is 33.4. The number of aliphatic hydroxyl groups excluding tert-OH is 2. The molecule has 4 heterocycles. The second-order valence-electron chi connectivity index (χ2n) is 13.4. The molecule has 12 nitrogen and oxygen atoms in total. The van der Waals surface area contributed by atoms with Gasteiger partial charge >= 0.3 is 11.9 Å². The van der Waals surface area contributed by atoms with Crippen LogP contribution < -0.4 is 0 Å². The lowest BCUT2D eigenvalue weighted by molar-refractivity contribution is -0.276. The smallest absolute Gasteiger partial charge is 0.331 e. The van der Waals surface area contributed by atoms with Gasteiger partial charge in [0.05, 0.1) is 25.2 Å². The van der Waals surface area contributed by atoms with Crippen LogP contribution in [-0.4, -0.2) is 92.1 Å². The van der Waals surface area contributed by atoms with Crippen LogP contribution in [0.5, 0.6) is 0 Å². The van der Waals surface area contributed by atoms with Gasteiger partial charge in [-0.25, -0.2) is 9.78 Å². The van der Waals surface area contributed by atoms with Crippen molar-refractivity contribution >= 4 is 18.0 Å². The molecule has 1 aromatic heterocycles. The number of aliphatic hydroxyl groups is 3. The van der Waals surface area contributed by atoms with Crippen LogP contribution in [0.1, 0.15) is 53.2 Å². The van der Waals surface area contributed by atoms with E-state index in [0.717, 1.165) is 12.0 Å². The number of rotatable bonds is 8. The first-order valence-electron chi connectivity index (χ1n) is 15.8. The Morgan fingerprint density at radius 1 is 1.24 bits per heavy atom. The van der Waals surface area contributed by atoms with Crippen molar-refractivity contribution in [1.82, 2.24) is 9.55 Å². The second kappa shape index (κ2) is 13.5. The third kappa shape index (κ3) is 7.22. The molecule has 252 valence electrons. The Balaban J connectivity index is 1.46. The fourth-order valence-electron chi connectivity index (χ4n) is 6.94. The first kappa shape index (κ1) is 34.2. The number of allylic oxidation sites excluding steroid dienone is 3. The summed E-state index contributed by atoms with van der Waals surface area (Å²) >= 11 is 0. The fraction of sp³-hybridized carbons (Fsp3) is 0.618. The highest BCUT2D eigenvalue weighted by atomic mass is 16.7. The van der Waals surface area contributed by atoms with E-state index in [0.29, 0.717) is 23.6 Å². The standard InChI is InChI=1S/C34H46N2O10/c1-19(2)24-9-7-20(3)25-14-28(45-29(39)10-8-23-15-36(6)18-35-23)33(5)11-12-34(41,46-33)22(13-26(24)25)16-42-32-31(44-21(4)37)30(40)27(38)17-43-32/h7-8,10-13,15,18-19,24-28,30-32,38,40-41H,9,14,16-17H2,1-6H3/b10-8+,22-13-/t24-,25+,26-,27?,28+,30?,31?,32?,33+,34-/m1/s1. The lowest BCUT2D eigenvalue weighted by Crippen LogP contribution is -2.55. The van der Waals surface area contributed by atoms with Crippen molar-refractivity contribution in [2.75, 3.05) is 13.2 Å². The Morgan fingerprint density at radius 2 is 2.00 bits per heavy atom. The van der Waals surface area contributed by atoms with E-state index in [1.165, 1.54) is 19.1 Å². The molecule has 4 aliphatic rings. The SMILES string of the molecule is CC(=O)OC1C(OC/C2=C/[C@@H]3[C@@H](C(C)C)CC=C(C)[C@@H]3C[C@H](OC(=O)/C=C/c3cn(C)cn3)[C@]3(C)C=C[C@@]2(O)O3)OCC(O)C1O. The Morgan fingerprint density at radius 3 is 2.67 bits per heavy atom. The Bertz CT molecular complexity index is 1410. The van der Waals surface area contributed by atoms with Gasteiger partial charge in [0.2, 0.25) is 5.79 Å². The Labute approximate surface area is 269 Å². The van der Waals surface area contributed by atoms with Crippen molar-refractivity contribution < 1.29 is 48.6 Å². The summed E-state index contributed by atoms with van der Waals surface area (Å²) in [5.41, 5.74) is 0.981. The van der Waals surface area contributed by atoms with Crippen LogP contribution in [0, 0.1) is 23.7 Å². The molecular weight excluding hydrogens is 596 g/mol. The largest absolute Gasteiger partial charge is 0.456 e. The van der Waals surface area contributed by atoms with Gasteiger partial charge in [0.15, 0.2) is 12.4 Å². The molecule has 0 amide bonds. The van der Waals surface area contributed by atoms with Crippen LogP contribution in [0.4, 0.5) is 0 Å². The second-order valence-corrected chi connectivity index (χ2v) is 13.4. The van der Waals surface area contributed by atoms with E-state index >= 15 is 0 Å². The van der Waals surface area contributed by atoms with Gasteiger partial charge in [-0.2, -0.15) is 0 Å². The number of ether oxygens (including phenoxy) is 5. The molecule has 4 unspecified atom stereocenters. The number of nitrogens with zero attached hydrogens (tertiary/aromatic N) is 2. The van der Waals surface area contributed by atoms with Gasteiger partial charge in [-0.1, -0.05) is 31.6 Å². The molecule has 1 aliphatic carbocycles. The maximum atomic E-state index is 13.2. The van der Waals surface area contributed by atoms with E-state index in [-0.39, 0.29) is 31.0 Å². The molecule has 0 aromatic carbocycles. The van der Waals surface area contributed by atoms with E-state index in [1.54, 1.807) is 36.2 Å². The molecule has 46 heavy (non-hydrogen) atoms. The highest BCUT2D eigenvalue weighted by Crippen LogP contribution is 2.49.